The number of carbonyl (C=O) groups excluding carboxylic acids is 1. The highest BCUT2D eigenvalue weighted by atomic mass is 32.2. The topological polar surface area (TPSA) is 126 Å². The molecule has 10 nitrogen and oxygen atoms in total. The quantitative estimate of drug-likeness (QED) is 0.466. The van der Waals surface area contributed by atoms with Crippen molar-refractivity contribution < 1.29 is 22.7 Å². The fourth-order valence-electron chi connectivity index (χ4n) is 3.46. The molecule has 31 heavy (non-hydrogen) atoms. The molecule has 0 unspecified atom stereocenters. The van der Waals surface area contributed by atoms with E-state index in [0.717, 1.165) is 5.56 Å². The third-order valence-electron chi connectivity index (χ3n) is 5.23. The second-order valence-electron chi connectivity index (χ2n) is 7.10. The van der Waals surface area contributed by atoms with Crippen molar-refractivity contribution in [2.45, 2.75) is 19.8 Å². The summed E-state index contributed by atoms with van der Waals surface area (Å²) in [6, 6.07) is 5.46. The van der Waals surface area contributed by atoms with Gasteiger partial charge in [0.15, 0.2) is 11.5 Å². The van der Waals surface area contributed by atoms with E-state index in [4.69, 9.17) is 9.47 Å². The van der Waals surface area contributed by atoms with Crippen molar-refractivity contribution in [3.63, 3.8) is 0 Å². The van der Waals surface area contributed by atoms with E-state index >= 15 is 0 Å². The van der Waals surface area contributed by atoms with Crippen LogP contribution in [0.1, 0.15) is 25.3 Å². The van der Waals surface area contributed by atoms with Gasteiger partial charge in [0, 0.05) is 24.2 Å². The number of benzene rings is 1. The van der Waals surface area contributed by atoms with Crippen LogP contribution >= 0.6 is 0 Å². The van der Waals surface area contributed by atoms with E-state index in [1.54, 1.807) is 33.4 Å². The largest absolute Gasteiger partial charge is 0.493 e. The van der Waals surface area contributed by atoms with Crippen molar-refractivity contribution in [3.05, 3.63) is 30.0 Å². The van der Waals surface area contributed by atoms with Crippen LogP contribution in [0, 0.1) is 5.92 Å². The zero-order chi connectivity index (χ0) is 22.4. The number of nitrogens with one attached hydrogen (secondary N) is 2. The number of aromatic amines is 1. The van der Waals surface area contributed by atoms with Crippen molar-refractivity contribution >= 4 is 22.1 Å². The number of sulfonamides is 1. The van der Waals surface area contributed by atoms with E-state index in [0.29, 0.717) is 42.1 Å². The zero-order valence-corrected chi connectivity index (χ0v) is 18.6. The molecular formula is C20H27N5O5S. The van der Waals surface area contributed by atoms with E-state index < -0.39 is 15.9 Å². The lowest BCUT2D eigenvalue weighted by atomic mass is 9.99. The highest BCUT2D eigenvalue weighted by Crippen LogP contribution is 2.32. The molecular weight excluding hydrogens is 422 g/mol. The molecule has 11 heteroatoms. The first-order valence-electron chi connectivity index (χ1n) is 9.96. The Morgan fingerprint density at radius 2 is 2.13 bits per heavy atom. The molecule has 1 saturated heterocycles. The van der Waals surface area contributed by atoms with Crippen molar-refractivity contribution in [2.24, 2.45) is 11.0 Å². The number of ether oxygens (including phenoxy) is 2. The number of amides is 1. The first-order chi connectivity index (χ1) is 14.9. The number of carbonyl (C=O) groups is 1. The predicted molar refractivity (Wildman–Crippen MR) is 117 cm³/mol. The van der Waals surface area contributed by atoms with Crippen molar-refractivity contribution in [1.82, 2.24) is 19.9 Å². The van der Waals surface area contributed by atoms with Gasteiger partial charge >= 0.3 is 0 Å². The third kappa shape index (κ3) is 5.23. The first kappa shape index (κ1) is 22.8. The van der Waals surface area contributed by atoms with Gasteiger partial charge in [0.1, 0.15) is 0 Å². The Hall–Kier alpha value is -2.92. The molecule has 1 aromatic heterocycles. The summed E-state index contributed by atoms with van der Waals surface area (Å²) in [5.41, 5.74) is 4.72. The Labute approximate surface area is 181 Å². The van der Waals surface area contributed by atoms with Crippen LogP contribution in [0.2, 0.25) is 0 Å². The normalized spacial score (nSPS) is 17.6. The van der Waals surface area contributed by atoms with Crippen LogP contribution in [-0.2, 0) is 14.8 Å². The van der Waals surface area contributed by atoms with Gasteiger partial charge in [-0.1, -0.05) is 0 Å². The minimum absolute atomic E-state index is 0.0267. The van der Waals surface area contributed by atoms with Crippen LogP contribution in [0.25, 0.3) is 11.3 Å². The standard InChI is InChI=1S/C20H27N5O5S/c1-4-31(27,28)25-9-5-6-15(13-25)20(26)24-22-12-16-11-21-23-19(16)14-7-8-17(29-2)18(10-14)30-3/h7-8,10-12,15H,4-6,9,13H2,1-3H3,(H,21,23)(H,24,26)/b22-12-/t15-/m1/s1. The average Bonchev–Trinajstić information content (AvgIpc) is 3.27. The minimum atomic E-state index is -3.31. The molecule has 0 aliphatic carbocycles. The molecule has 0 bridgehead atoms. The average molecular weight is 450 g/mol. The highest BCUT2D eigenvalue weighted by molar-refractivity contribution is 7.89. The van der Waals surface area contributed by atoms with Crippen molar-refractivity contribution in [1.29, 1.82) is 0 Å². The molecule has 1 aliphatic heterocycles. The second-order valence-corrected chi connectivity index (χ2v) is 9.36. The van der Waals surface area contributed by atoms with Gasteiger partial charge in [0.2, 0.25) is 15.9 Å². The molecule has 1 amide bonds. The molecule has 2 heterocycles. The van der Waals surface area contributed by atoms with Gasteiger partial charge in [0.05, 0.1) is 44.0 Å². The van der Waals surface area contributed by atoms with E-state index in [1.807, 2.05) is 12.1 Å². The fourth-order valence-corrected chi connectivity index (χ4v) is 4.64. The van der Waals surface area contributed by atoms with Crippen LogP contribution in [0.4, 0.5) is 0 Å². The van der Waals surface area contributed by atoms with Gasteiger partial charge in [0.25, 0.3) is 0 Å². The van der Waals surface area contributed by atoms with E-state index in [2.05, 4.69) is 20.7 Å². The Morgan fingerprint density at radius 1 is 1.35 bits per heavy atom. The lowest BCUT2D eigenvalue weighted by molar-refractivity contribution is -0.126. The summed E-state index contributed by atoms with van der Waals surface area (Å²) in [5, 5.41) is 11.0. The molecule has 168 valence electrons. The summed E-state index contributed by atoms with van der Waals surface area (Å²) in [7, 11) is -0.180. The van der Waals surface area contributed by atoms with Crippen molar-refractivity contribution in [3.8, 4) is 22.8 Å². The number of piperidine rings is 1. The summed E-state index contributed by atoms with van der Waals surface area (Å²) in [5.74, 6) is 0.485. The minimum Gasteiger partial charge on any atom is -0.493 e. The smallest absolute Gasteiger partial charge is 0.244 e. The Balaban J connectivity index is 1.68. The van der Waals surface area contributed by atoms with E-state index in [1.165, 1.54) is 10.5 Å². The maximum atomic E-state index is 12.5. The number of rotatable bonds is 8. The maximum absolute atomic E-state index is 12.5. The van der Waals surface area contributed by atoms with Gasteiger partial charge in [-0.15, -0.1) is 0 Å². The Bertz CT molecular complexity index is 1050. The monoisotopic (exact) mass is 449 g/mol. The molecule has 1 aromatic carbocycles. The van der Waals surface area contributed by atoms with Crippen LogP contribution in [0.5, 0.6) is 11.5 Å². The second kappa shape index (κ2) is 9.92. The summed E-state index contributed by atoms with van der Waals surface area (Å²) < 4.78 is 36.2. The molecule has 2 aromatic rings. The number of hydrazone groups is 1. The number of H-pyrrole nitrogens is 1. The first-order valence-corrected chi connectivity index (χ1v) is 11.6. The highest BCUT2D eigenvalue weighted by Gasteiger charge is 2.31. The maximum Gasteiger partial charge on any atom is 0.244 e. The summed E-state index contributed by atoms with van der Waals surface area (Å²) >= 11 is 0. The van der Waals surface area contributed by atoms with Gasteiger partial charge in [-0.25, -0.2) is 18.1 Å². The summed E-state index contributed by atoms with van der Waals surface area (Å²) in [4.78, 5) is 12.5. The molecule has 1 aliphatic rings. The molecule has 0 spiro atoms. The Morgan fingerprint density at radius 3 is 2.84 bits per heavy atom. The van der Waals surface area contributed by atoms with E-state index in [9.17, 15) is 13.2 Å². The number of methoxy groups -OCH3 is 2. The van der Waals surface area contributed by atoms with Crippen LogP contribution < -0.4 is 14.9 Å². The summed E-state index contributed by atoms with van der Waals surface area (Å²) in [6.45, 7) is 2.23. The molecule has 1 atom stereocenters. The lowest BCUT2D eigenvalue weighted by Crippen LogP contribution is -2.45. The van der Waals surface area contributed by atoms with Gasteiger partial charge < -0.3 is 9.47 Å². The molecule has 2 N–H and O–H groups in total. The molecule has 3 rings (SSSR count). The van der Waals surface area contributed by atoms with Crippen LogP contribution in [-0.4, -0.2) is 68.1 Å². The zero-order valence-electron chi connectivity index (χ0n) is 17.8. The van der Waals surface area contributed by atoms with Crippen molar-refractivity contribution in [2.75, 3.05) is 33.1 Å². The fraction of sp³-hybridized carbons (Fsp3) is 0.450. The number of aromatic nitrogens is 2. The number of nitrogens with zero attached hydrogens (tertiary/aromatic N) is 3. The SMILES string of the molecule is CCS(=O)(=O)N1CCC[C@@H](C(=O)N/N=C\c2cn[nH]c2-c2ccc(OC)c(OC)c2)C1. The Kier molecular flexibility index (Phi) is 7.29. The van der Waals surface area contributed by atoms with Gasteiger partial charge in [-0.3, -0.25) is 9.89 Å². The van der Waals surface area contributed by atoms with Crippen LogP contribution in [0.15, 0.2) is 29.5 Å². The van der Waals surface area contributed by atoms with E-state index in [-0.39, 0.29) is 18.2 Å². The molecule has 1 fully saturated rings. The molecule has 0 radical (unpaired) electrons. The van der Waals surface area contributed by atoms with Crippen LogP contribution in [0.3, 0.4) is 0 Å². The third-order valence-corrected chi connectivity index (χ3v) is 7.08. The lowest BCUT2D eigenvalue weighted by Gasteiger charge is -2.30. The number of hydrogen-bond acceptors (Lipinski definition) is 7. The van der Waals surface area contributed by atoms with Gasteiger partial charge in [-0.05, 0) is 38.0 Å². The predicted octanol–water partition coefficient (Wildman–Crippen LogP) is 1.61. The number of hydrogen-bond donors (Lipinski definition) is 2. The summed E-state index contributed by atoms with van der Waals surface area (Å²) in [6.07, 6.45) is 4.36. The molecule has 0 saturated carbocycles. The van der Waals surface area contributed by atoms with Gasteiger partial charge in [-0.2, -0.15) is 10.2 Å².